The highest BCUT2D eigenvalue weighted by atomic mass is 19.1. The third-order valence-corrected chi connectivity index (χ3v) is 9.27. The average molecular weight is 703 g/mol. The van der Waals surface area contributed by atoms with Gasteiger partial charge in [-0.25, -0.2) is 4.39 Å². The van der Waals surface area contributed by atoms with E-state index in [0.29, 0.717) is 47.5 Å². The lowest BCUT2D eigenvalue weighted by molar-refractivity contribution is -0.117. The largest absolute Gasteiger partial charge is 0.325 e. The van der Waals surface area contributed by atoms with Crippen LogP contribution in [-0.2, 0) is 22.4 Å². The molecular formula is C44H39FN6O2. The molecule has 0 aliphatic carbocycles. The summed E-state index contributed by atoms with van der Waals surface area (Å²) in [4.78, 5) is 33.6. The number of hydrogen-bond donors (Lipinski definition) is 3. The second-order valence-corrected chi connectivity index (χ2v) is 13.2. The van der Waals surface area contributed by atoms with E-state index in [9.17, 15) is 9.59 Å². The number of carbonyl (C=O) groups is 2. The molecule has 0 bridgehead atoms. The Bertz CT molecular complexity index is 2340. The molecule has 0 atom stereocenters. The van der Waals surface area contributed by atoms with Gasteiger partial charge >= 0.3 is 0 Å². The minimum Gasteiger partial charge on any atom is -0.325 e. The van der Waals surface area contributed by atoms with Crippen LogP contribution in [0, 0.1) is 12.7 Å². The van der Waals surface area contributed by atoms with Crippen LogP contribution in [0.5, 0.6) is 0 Å². The number of hydrogen-bond acceptors (Lipinski definition) is 5. The first kappa shape index (κ1) is 34.9. The van der Waals surface area contributed by atoms with E-state index < -0.39 is 0 Å². The molecule has 0 saturated heterocycles. The molecule has 0 aliphatic heterocycles. The van der Waals surface area contributed by atoms with Crippen molar-refractivity contribution in [2.45, 2.75) is 45.4 Å². The highest BCUT2D eigenvalue weighted by Gasteiger charge is 2.13. The number of aromatic amines is 1. The van der Waals surface area contributed by atoms with Crippen molar-refractivity contribution in [3.8, 4) is 33.5 Å². The average Bonchev–Trinajstić information content (AvgIpc) is 3.66. The monoisotopic (exact) mass is 702 g/mol. The third kappa shape index (κ3) is 8.88. The minimum absolute atomic E-state index is 0.0531. The third-order valence-electron chi connectivity index (χ3n) is 9.27. The van der Waals surface area contributed by atoms with Crippen molar-refractivity contribution in [3.05, 3.63) is 150 Å². The number of aromatic nitrogens is 4. The molecule has 2 amide bonds. The highest BCUT2D eigenvalue weighted by Crippen LogP contribution is 2.31. The molecule has 7 aromatic rings. The molecule has 0 fully saturated rings. The molecular weight excluding hydrogens is 664 g/mol. The van der Waals surface area contributed by atoms with E-state index in [0.717, 1.165) is 58.0 Å². The van der Waals surface area contributed by atoms with Crippen LogP contribution in [0.2, 0.25) is 0 Å². The Morgan fingerprint density at radius 3 is 1.98 bits per heavy atom. The minimum atomic E-state index is -0.277. The quantitative estimate of drug-likeness (QED) is 0.111. The summed E-state index contributed by atoms with van der Waals surface area (Å²) < 4.78 is 15.4. The molecule has 0 aliphatic rings. The first-order valence-corrected chi connectivity index (χ1v) is 17.8. The number of halogens is 1. The second kappa shape index (κ2) is 16.2. The summed E-state index contributed by atoms with van der Waals surface area (Å²) >= 11 is 0. The van der Waals surface area contributed by atoms with Crippen molar-refractivity contribution in [2.24, 2.45) is 0 Å². The van der Waals surface area contributed by atoms with Gasteiger partial charge in [0.15, 0.2) is 0 Å². The van der Waals surface area contributed by atoms with Crippen LogP contribution in [0.25, 0.3) is 44.4 Å². The van der Waals surface area contributed by atoms with Gasteiger partial charge in [0, 0.05) is 35.6 Å². The Hall–Kier alpha value is -6.48. The van der Waals surface area contributed by atoms with E-state index in [1.807, 2.05) is 54.7 Å². The van der Waals surface area contributed by atoms with Gasteiger partial charge in [-0.05, 0) is 115 Å². The number of amides is 2. The van der Waals surface area contributed by atoms with Crippen molar-refractivity contribution in [1.82, 2.24) is 20.2 Å². The van der Waals surface area contributed by atoms with Crippen molar-refractivity contribution >= 4 is 34.1 Å². The Morgan fingerprint density at radius 1 is 0.679 bits per heavy atom. The van der Waals surface area contributed by atoms with E-state index in [4.69, 9.17) is 0 Å². The van der Waals surface area contributed by atoms with Gasteiger partial charge in [0.25, 0.3) is 0 Å². The number of benzene rings is 4. The molecule has 9 heteroatoms. The maximum absolute atomic E-state index is 15.4. The molecule has 0 unspecified atom stereocenters. The van der Waals surface area contributed by atoms with Crippen LogP contribution in [0.15, 0.2) is 128 Å². The molecule has 0 spiro atoms. The molecule has 3 aromatic heterocycles. The van der Waals surface area contributed by atoms with Crippen LogP contribution >= 0.6 is 0 Å². The molecule has 0 saturated carbocycles. The maximum atomic E-state index is 15.4. The molecule has 0 radical (unpaired) electrons. The SMILES string of the molecule is Cc1cc(-c2ccc(NC(=O)CCCc3ccc(-c4ccc5[nH]ncc5c4)cc3)cn2)cc(-c2ccc(CCCC(=O)Nc3cccnc3)cc2)c1F. The lowest BCUT2D eigenvalue weighted by atomic mass is 9.96. The Kier molecular flexibility index (Phi) is 10.7. The van der Waals surface area contributed by atoms with Gasteiger partial charge in [-0.15, -0.1) is 0 Å². The van der Waals surface area contributed by atoms with E-state index >= 15 is 4.39 Å². The molecule has 3 heterocycles. The fourth-order valence-electron chi connectivity index (χ4n) is 6.39. The Labute approximate surface area is 307 Å². The molecule has 7 rings (SSSR count). The summed E-state index contributed by atoms with van der Waals surface area (Å²) in [5.74, 6) is -0.399. The summed E-state index contributed by atoms with van der Waals surface area (Å²) in [6.07, 6.45) is 10.5. The summed E-state index contributed by atoms with van der Waals surface area (Å²) in [5.41, 5.74) is 10.1. The van der Waals surface area contributed by atoms with Crippen LogP contribution < -0.4 is 10.6 Å². The lowest BCUT2D eigenvalue weighted by Gasteiger charge is -2.12. The summed E-state index contributed by atoms with van der Waals surface area (Å²) in [6, 6.07) is 33.3. The predicted octanol–water partition coefficient (Wildman–Crippen LogP) is 9.72. The standard InChI is InChI=1S/C44H39FN6O2/c1-29-23-35(25-39(44(29)45)33-16-12-31(13-17-33)6-3-8-42(52)49-37-7-4-22-46-27-37)40-21-19-38(28-47-40)50-43(53)9-2-5-30-10-14-32(15-11-30)34-18-20-41-36(24-34)26-48-51-41/h4,7,10-28H,2-3,5-6,8-9H2,1H3,(H,48,51)(H,49,52)(H,50,53). The lowest BCUT2D eigenvalue weighted by Crippen LogP contribution is -2.11. The van der Waals surface area contributed by atoms with Crippen LogP contribution in [0.3, 0.4) is 0 Å². The summed E-state index contributed by atoms with van der Waals surface area (Å²) in [6.45, 7) is 1.75. The fourth-order valence-corrected chi connectivity index (χ4v) is 6.39. The number of nitrogens with one attached hydrogen (secondary N) is 3. The molecule has 264 valence electrons. The molecule has 3 N–H and O–H groups in total. The normalized spacial score (nSPS) is 11.1. The number of nitrogens with zero attached hydrogens (tertiary/aromatic N) is 3. The first-order chi connectivity index (χ1) is 25.9. The van der Waals surface area contributed by atoms with Gasteiger partial charge in [0.1, 0.15) is 5.82 Å². The first-order valence-electron chi connectivity index (χ1n) is 17.8. The number of anilines is 2. The van der Waals surface area contributed by atoms with Crippen molar-refractivity contribution in [3.63, 3.8) is 0 Å². The summed E-state index contributed by atoms with van der Waals surface area (Å²) in [7, 11) is 0. The zero-order valence-corrected chi connectivity index (χ0v) is 29.4. The van der Waals surface area contributed by atoms with E-state index in [1.54, 1.807) is 43.7 Å². The van der Waals surface area contributed by atoms with Crippen LogP contribution in [0.4, 0.5) is 15.8 Å². The Balaban J connectivity index is 0.900. The van der Waals surface area contributed by atoms with Gasteiger partial charge in [-0.1, -0.05) is 54.6 Å². The van der Waals surface area contributed by atoms with Crippen LogP contribution in [0.1, 0.15) is 42.4 Å². The van der Waals surface area contributed by atoms with E-state index in [-0.39, 0.29) is 17.6 Å². The smallest absolute Gasteiger partial charge is 0.224 e. The zero-order chi connectivity index (χ0) is 36.6. The van der Waals surface area contributed by atoms with Gasteiger partial charge in [-0.3, -0.25) is 24.7 Å². The summed E-state index contributed by atoms with van der Waals surface area (Å²) in [5, 5.41) is 14.0. The maximum Gasteiger partial charge on any atom is 0.224 e. The number of H-pyrrole nitrogens is 1. The molecule has 53 heavy (non-hydrogen) atoms. The topological polar surface area (TPSA) is 113 Å². The zero-order valence-electron chi connectivity index (χ0n) is 29.4. The number of carbonyl (C=O) groups excluding carboxylic acids is 2. The van der Waals surface area contributed by atoms with Gasteiger partial charge in [-0.2, -0.15) is 5.10 Å². The number of aryl methyl sites for hydroxylation is 3. The van der Waals surface area contributed by atoms with Crippen molar-refractivity contribution < 1.29 is 14.0 Å². The van der Waals surface area contributed by atoms with Gasteiger partial charge in [0.2, 0.25) is 11.8 Å². The fraction of sp³-hybridized carbons (Fsp3) is 0.159. The second-order valence-electron chi connectivity index (χ2n) is 13.2. The number of rotatable bonds is 13. The predicted molar refractivity (Wildman–Crippen MR) is 209 cm³/mol. The van der Waals surface area contributed by atoms with E-state index in [2.05, 4.69) is 67.2 Å². The van der Waals surface area contributed by atoms with Crippen molar-refractivity contribution in [1.29, 1.82) is 0 Å². The number of fused-ring (bicyclic) bond motifs is 1. The number of pyridine rings is 2. The Morgan fingerprint density at radius 2 is 1.34 bits per heavy atom. The van der Waals surface area contributed by atoms with Gasteiger partial charge < -0.3 is 10.6 Å². The van der Waals surface area contributed by atoms with E-state index in [1.165, 1.54) is 5.56 Å². The molecule has 4 aromatic carbocycles. The van der Waals surface area contributed by atoms with Gasteiger partial charge in [0.05, 0.1) is 41.2 Å². The molecule has 8 nitrogen and oxygen atoms in total. The van der Waals surface area contributed by atoms with Crippen molar-refractivity contribution in [2.75, 3.05) is 10.6 Å². The highest BCUT2D eigenvalue weighted by molar-refractivity contribution is 5.91. The van der Waals surface area contributed by atoms with Crippen LogP contribution in [-0.4, -0.2) is 32.0 Å².